The van der Waals surface area contributed by atoms with Gasteiger partial charge in [0.2, 0.25) is 23.6 Å². The van der Waals surface area contributed by atoms with Crippen LogP contribution in [-0.4, -0.2) is 75.7 Å². The van der Waals surface area contributed by atoms with Gasteiger partial charge in [0.15, 0.2) is 0 Å². The fraction of sp³-hybridized carbons (Fsp3) is 0.500. The molecule has 0 radical (unpaired) electrons. The zero-order chi connectivity index (χ0) is 26.7. The molecule has 0 saturated heterocycles. The van der Waals surface area contributed by atoms with Gasteiger partial charge in [-0.1, -0.05) is 26.0 Å². The van der Waals surface area contributed by atoms with E-state index in [0.29, 0.717) is 5.56 Å². The minimum atomic E-state index is -1.48. The molecule has 0 saturated carbocycles. The molecule has 13 nitrogen and oxygen atoms in total. The standard InChI is InChI=1S/C22H33N5O8/c1-11(2)7-15(25-21(33)17(10-28)27-19(31)14(23)9-18(24)30)20(32)26-16(22(34)35)8-12-3-5-13(29)6-4-12/h3-6,11,14-17,28-29H,7-10,23H2,1-2H3,(H2,24,30)(H,25,33)(H,26,32)(H,27,31)(H,34,35). The van der Waals surface area contributed by atoms with E-state index >= 15 is 0 Å². The Morgan fingerprint density at radius 3 is 1.89 bits per heavy atom. The first-order chi connectivity index (χ1) is 16.3. The predicted molar refractivity (Wildman–Crippen MR) is 124 cm³/mol. The minimum absolute atomic E-state index is 0.00508. The first-order valence-electron chi connectivity index (χ1n) is 10.9. The van der Waals surface area contributed by atoms with E-state index in [4.69, 9.17) is 11.5 Å². The van der Waals surface area contributed by atoms with Gasteiger partial charge in [0, 0.05) is 6.42 Å². The van der Waals surface area contributed by atoms with Gasteiger partial charge in [0.1, 0.15) is 23.9 Å². The molecule has 13 heteroatoms. The number of carbonyl (C=O) groups is 5. The topological polar surface area (TPSA) is 234 Å². The number of carboxylic acid groups (broad SMARTS) is 1. The van der Waals surface area contributed by atoms with Gasteiger partial charge in [-0.05, 0) is 30.0 Å². The fourth-order valence-corrected chi connectivity index (χ4v) is 3.10. The van der Waals surface area contributed by atoms with Crippen LogP contribution in [0.5, 0.6) is 5.75 Å². The molecule has 1 rings (SSSR count). The lowest BCUT2D eigenvalue weighted by Gasteiger charge is -2.25. The average molecular weight is 496 g/mol. The molecule has 10 N–H and O–H groups in total. The number of hydrogen-bond acceptors (Lipinski definition) is 8. The monoisotopic (exact) mass is 495 g/mol. The average Bonchev–Trinajstić information content (AvgIpc) is 2.76. The summed E-state index contributed by atoms with van der Waals surface area (Å²) >= 11 is 0. The number of aliphatic hydroxyl groups excluding tert-OH is 1. The summed E-state index contributed by atoms with van der Waals surface area (Å²) in [5.74, 6) is -4.78. The lowest BCUT2D eigenvalue weighted by atomic mass is 10.0. The number of phenolic OH excluding ortho intramolecular Hbond substituents is 1. The summed E-state index contributed by atoms with van der Waals surface area (Å²) in [7, 11) is 0. The Bertz CT molecular complexity index is 906. The molecule has 4 amide bonds. The molecular formula is C22H33N5O8. The summed E-state index contributed by atoms with van der Waals surface area (Å²) in [6.07, 6.45) is -0.408. The maximum absolute atomic E-state index is 12.9. The number of rotatable bonds is 14. The molecule has 0 spiro atoms. The Hall–Kier alpha value is -3.71. The number of aliphatic hydroxyl groups is 1. The second-order valence-electron chi connectivity index (χ2n) is 8.48. The van der Waals surface area contributed by atoms with Crippen molar-refractivity contribution in [3.8, 4) is 5.75 Å². The van der Waals surface area contributed by atoms with E-state index in [1.54, 1.807) is 13.8 Å². The Kier molecular flexibility index (Phi) is 11.6. The number of carboxylic acids is 1. The maximum atomic E-state index is 12.9. The molecule has 4 atom stereocenters. The normalized spacial score (nSPS) is 14.3. The van der Waals surface area contributed by atoms with E-state index in [2.05, 4.69) is 16.0 Å². The van der Waals surface area contributed by atoms with Crippen molar-refractivity contribution in [3.05, 3.63) is 29.8 Å². The largest absolute Gasteiger partial charge is 0.508 e. The third-order valence-electron chi connectivity index (χ3n) is 4.90. The van der Waals surface area contributed by atoms with Crippen molar-refractivity contribution in [2.75, 3.05) is 6.61 Å². The molecule has 194 valence electrons. The van der Waals surface area contributed by atoms with Crippen molar-refractivity contribution < 1.29 is 39.3 Å². The smallest absolute Gasteiger partial charge is 0.326 e. The van der Waals surface area contributed by atoms with Gasteiger partial charge in [-0.25, -0.2) is 4.79 Å². The van der Waals surface area contributed by atoms with E-state index in [9.17, 15) is 39.3 Å². The van der Waals surface area contributed by atoms with Crippen LogP contribution < -0.4 is 27.4 Å². The van der Waals surface area contributed by atoms with E-state index < -0.39 is 66.8 Å². The van der Waals surface area contributed by atoms with Gasteiger partial charge < -0.3 is 42.7 Å². The van der Waals surface area contributed by atoms with Crippen molar-refractivity contribution in [1.29, 1.82) is 0 Å². The van der Waals surface area contributed by atoms with Crippen LogP contribution in [0.25, 0.3) is 0 Å². The fourth-order valence-electron chi connectivity index (χ4n) is 3.10. The van der Waals surface area contributed by atoms with Crippen LogP contribution in [0.15, 0.2) is 24.3 Å². The van der Waals surface area contributed by atoms with Gasteiger partial charge in [-0.3, -0.25) is 19.2 Å². The maximum Gasteiger partial charge on any atom is 0.326 e. The number of aliphatic carboxylic acids is 1. The quantitative estimate of drug-likeness (QED) is 0.138. The predicted octanol–water partition coefficient (Wildman–Crippen LogP) is -2.29. The van der Waals surface area contributed by atoms with Gasteiger partial charge in [-0.15, -0.1) is 0 Å². The molecule has 0 aliphatic rings. The lowest BCUT2D eigenvalue weighted by molar-refractivity contribution is -0.142. The molecular weight excluding hydrogens is 462 g/mol. The summed E-state index contributed by atoms with van der Waals surface area (Å²) in [5.41, 5.74) is 11.1. The highest BCUT2D eigenvalue weighted by molar-refractivity contribution is 5.95. The number of carbonyl (C=O) groups excluding carboxylic acids is 4. The summed E-state index contributed by atoms with van der Waals surface area (Å²) in [5, 5.41) is 35.5. The number of aromatic hydroxyl groups is 1. The molecule has 0 aromatic heterocycles. The summed E-state index contributed by atoms with van der Waals surface area (Å²) < 4.78 is 0. The van der Waals surface area contributed by atoms with Crippen LogP contribution in [0.4, 0.5) is 0 Å². The van der Waals surface area contributed by atoms with Crippen LogP contribution in [0, 0.1) is 5.92 Å². The molecule has 1 aromatic rings. The van der Waals surface area contributed by atoms with Crippen molar-refractivity contribution in [1.82, 2.24) is 16.0 Å². The van der Waals surface area contributed by atoms with Crippen molar-refractivity contribution >= 4 is 29.6 Å². The molecule has 0 heterocycles. The van der Waals surface area contributed by atoms with Crippen LogP contribution in [0.2, 0.25) is 0 Å². The van der Waals surface area contributed by atoms with Gasteiger partial charge in [-0.2, -0.15) is 0 Å². The first-order valence-corrected chi connectivity index (χ1v) is 10.9. The SMILES string of the molecule is CC(C)CC(NC(=O)C(CO)NC(=O)C(N)CC(N)=O)C(=O)NC(Cc1ccc(O)cc1)C(=O)O. The number of nitrogens with one attached hydrogen (secondary N) is 3. The van der Waals surface area contributed by atoms with Crippen molar-refractivity contribution in [2.45, 2.75) is 57.3 Å². The second kappa shape index (κ2) is 13.9. The third kappa shape index (κ3) is 10.4. The number of amides is 4. The highest BCUT2D eigenvalue weighted by atomic mass is 16.4. The summed E-state index contributed by atoms with van der Waals surface area (Å²) in [4.78, 5) is 60.3. The first kappa shape index (κ1) is 29.3. The number of nitrogens with two attached hydrogens (primary N) is 2. The summed E-state index contributed by atoms with van der Waals surface area (Å²) in [6, 6.07) is 0.502. The van der Waals surface area contributed by atoms with Crippen LogP contribution in [0.3, 0.4) is 0 Å². The van der Waals surface area contributed by atoms with Crippen molar-refractivity contribution in [3.63, 3.8) is 0 Å². The number of hydrogen-bond donors (Lipinski definition) is 8. The van der Waals surface area contributed by atoms with E-state index in [0.717, 1.165) is 0 Å². The summed E-state index contributed by atoms with van der Waals surface area (Å²) in [6.45, 7) is 2.74. The highest BCUT2D eigenvalue weighted by Crippen LogP contribution is 2.12. The zero-order valence-electron chi connectivity index (χ0n) is 19.6. The lowest BCUT2D eigenvalue weighted by Crippen LogP contribution is -2.58. The highest BCUT2D eigenvalue weighted by Gasteiger charge is 2.30. The Labute approximate surface area is 202 Å². The number of phenols is 1. The molecule has 35 heavy (non-hydrogen) atoms. The molecule has 0 fully saturated rings. The van der Waals surface area contributed by atoms with Gasteiger partial charge in [0.25, 0.3) is 0 Å². The van der Waals surface area contributed by atoms with E-state index in [1.165, 1.54) is 24.3 Å². The Morgan fingerprint density at radius 1 is 0.886 bits per heavy atom. The van der Waals surface area contributed by atoms with Crippen LogP contribution in [-0.2, 0) is 30.4 Å². The molecule has 0 aliphatic carbocycles. The van der Waals surface area contributed by atoms with E-state index in [-0.39, 0.29) is 24.5 Å². The zero-order valence-corrected chi connectivity index (χ0v) is 19.6. The minimum Gasteiger partial charge on any atom is -0.508 e. The van der Waals surface area contributed by atoms with Crippen LogP contribution >= 0.6 is 0 Å². The Morgan fingerprint density at radius 2 is 1.40 bits per heavy atom. The Balaban J connectivity index is 2.92. The molecule has 0 bridgehead atoms. The van der Waals surface area contributed by atoms with Crippen LogP contribution in [0.1, 0.15) is 32.3 Å². The van der Waals surface area contributed by atoms with Gasteiger partial charge in [0.05, 0.1) is 19.1 Å². The van der Waals surface area contributed by atoms with Gasteiger partial charge >= 0.3 is 5.97 Å². The van der Waals surface area contributed by atoms with E-state index in [1.807, 2.05) is 0 Å². The molecule has 0 aliphatic heterocycles. The molecule has 1 aromatic carbocycles. The van der Waals surface area contributed by atoms with Crippen molar-refractivity contribution in [2.24, 2.45) is 17.4 Å². The number of benzene rings is 1. The number of primary amides is 1. The molecule has 4 unspecified atom stereocenters. The second-order valence-corrected chi connectivity index (χ2v) is 8.48. The third-order valence-corrected chi connectivity index (χ3v) is 4.90.